The molecule has 0 aromatic heterocycles. The van der Waals surface area contributed by atoms with E-state index in [2.05, 4.69) is 24.0 Å². The third kappa shape index (κ3) is 4.68. The molecule has 0 aliphatic rings. The number of aliphatic hydroxyl groups is 1. The van der Waals surface area contributed by atoms with E-state index in [0.717, 1.165) is 34.4 Å². The maximum Gasteiger partial charge on any atom is 0.125 e. The number of rotatable bonds is 6. The lowest BCUT2D eigenvalue weighted by Gasteiger charge is -2.17. The molecule has 2 aromatic rings. The quantitative estimate of drug-likeness (QED) is 0.800. The van der Waals surface area contributed by atoms with Gasteiger partial charge in [0.05, 0.1) is 6.61 Å². The van der Waals surface area contributed by atoms with E-state index in [-0.39, 0.29) is 6.61 Å². The molecule has 0 fully saturated rings. The average Bonchev–Trinajstić information content (AvgIpc) is 2.53. The van der Waals surface area contributed by atoms with E-state index in [0.29, 0.717) is 12.3 Å². The summed E-state index contributed by atoms with van der Waals surface area (Å²) in [5.74, 6) is 0.328. The number of hydrogen-bond acceptors (Lipinski definition) is 3. The second-order valence-electron chi connectivity index (χ2n) is 6.01. The molecule has 0 atom stereocenters. The molecule has 23 heavy (non-hydrogen) atoms. The number of benzene rings is 2. The Labute approximate surface area is 138 Å². The molecule has 3 nitrogen and oxygen atoms in total. The lowest BCUT2D eigenvalue weighted by molar-refractivity contribution is 0.217. The van der Waals surface area contributed by atoms with Crippen molar-refractivity contribution in [2.75, 3.05) is 20.2 Å². The number of phenols is 1. The summed E-state index contributed by atoms with van der Waals surface area (Å²) in [6.07, 6.45) is 2.02. The van der Waals surface area contributed by atoms with Crippen molar-refractivity contribution in [3.63, 3.8) is 0 Å². The molecule has 0 radical (unpaired) electrons. The average molecular weight is 311 g/mol. The smallest absolute Gasteiger partial charge is 0.125 e. The topological polar surface area (TPSA) is 43.7 Å². The van der Waals surface area contributed by atoms with Gasteiger partial charge in [0.15, 0.2) is 0 Å². The van der Waals surface area contributed by atoms with Crippen molar-refractivity contribution >= 4 is 11.6 Å². The maximum atomic E-state index is 10.4. The van der Waals surface area contributed by atoms with Crippen molar-refractivity contribution in [3.05, 3.63) is 64.7 Å². The second-order valence-corrected chi connectivity index (χ2v) is 6.01. The van der Waals surface area contributed by atoms with E-state index in [1.807, 2.05) is 50.4 Å². The van der Waals surface area contributed by atoms with Gasteiger partial charge in [-0.1, -0.05) is 36.4 Å². The third-order valence-electron chi connectivity index (χ3n) is 3.93. The van der Waals surface area contributed by atoms with Crippen LogP contribution in [0.15, 0.2) is 42.5 Å². The zero-order chi connectivity index (χ0) is 16.8. The molecule has 0 heterocycles. The summed E-state index contributed by atoms with van der Waals surface area (Å²) in [7, 11) is 1.98. The van der Waals surface area contributed by atoms with Crippen LogP contribution in [-0.2, 0) is 6.54 Å². The van der Waals surface area contributed by atoms with Crippen LogP contribution in [0, 0.1) is 6.92 Å². The van der Waals surface area contributed by atoms with Gasteiger partial charge >= 0.3 is 0 Å². The highest BCUT2D eigenvalue weighted by molar-refractivity contribution is 5.82. The van der Waals surface area contributed by atoms with E-state index in [1.165, 1.54) is 0 Å². The Balaban J connectivity index is 2.32. The van der Waals surface area contributed by atoms with E-state index in [4.69, 9.17) is 5.11 Å². The van der Waals surface area contributed by atoms with E-state index in [9.17, 15) is 5.11 Å². The van der Waals surface area contributed by atoms with Crippen LogP contribution in [0.2, 0.25) is 0 Å². The molecule has 0 amide bonds. The van der Waals surface area contributed by atoms with Crippen LogP contribution in [0.25, 0.3) is 11.6 Å². The highest BCUT2D eigenvalue weighted by atomic mass is 16.3. The van der Waals surface area contributed by atoms with Crippen LogP contribution in [0.1, 0.15) is 29.2 Å². The Morgan fingerprint density at radius 1 is 1.17 bits per heavy atom. The van der Waals surface area contributed by atoms with E-state index in [1.54, 1.807) is 0 Å². The van der Waals surface area contributed by atoms with Gasteiger partial charge in [-0.15, -0.1) is 0 Å². The Kier molecular flexibility index (Phi) is 5.97. The molecule has 0 unspecified atom stereocenters. The first-order valence-corrected chi connectivity index (χ1v) is 7.87. The molecule has 0 saturated carbocycles. The van der Waals surface area contributed by atoms with Gasteiger partial charge < -0.3 is 10.2 Å². The number of allylic oxidation sites excluding steroid dienone is 1. The van der Waals surface area contributed by atoms with Gasteiger partial charge in [0.1, 0.15) is 5.75 Å². The van der Waals surface area contributed by atoms with Gasteiger partial charge in [0.25, 0.3) is 0 Å². The lowest BCUT2D eigenvalue weighted by atomic mass is 10.00. The van der Waals surface area contributed by atoms with Gasteiger partial charge in [-0.3, -0.25) is 4.90 Å². The fraction of sp³-hybridized carbons (Fsp3) is 0.300. The Morgan fingerprint density at radius 3 is 2.52 bits per heavy atom. The molecule has 0 aliphatic carbocycles. The minimum Gasteiger partial charge on any atom is -0.507 e. The highest BCUT2D eigenvalue weighted by Gasteiger charge is 2.08. The first-order chi connectivity index (χ1) is 11.0. The van der Waals surface area contributed by atoms with Crippen LogP contribution in [0.4, 0.5) is 0 Å². The highest BCUT2D eigenvalue weighted by Crippen LogP contribution is 2.28. The zero-order valence-electron chi connectivity index (χ0n) is 14.1. The zero-order valence-corrected chi connectivity index (χ0v) is 14.1. The van der Waals surface area contributed by atoms with Crippen LogP contribution in [-0.4, -0.2) is 35.3 Å². The molecule has 0 spiro atoms. The molecule has 2 rings (SSSR count). The largest absolute Gasteiger partial charge is 0.507 e. The molecule has 0 bridgehead atoms. The van der Waals surface area contributed by atoms with Crippen molar-refractivity contribution in [3.8, 4) is 5.75 Å². The van der Waals surface area contributed by atoms with E-state index < -0.39 is 0 Å². The number of hydrogen-bond donors (Lipinski definition) is 2. The second kappa shape index (κ2) is 7.95. The third-order valence-corrected chi connectivity index (χ3v) is 3.93. The van der Waals surface area contributed by atoms with Gasteiger partial charge in [0, 0.05) is 18.7 Å². The summed E-state index contributed by atoms with van der Waals surface area (Å²) in [5, 5.41) is 19.4. The molecular weight excluding hydrogens is 286 g/mol. The minimum absolute atomic E-state index is 0.146. The van der Waals surface area contributed by atoms with Crippen LogP contribution in [0.3, 0.4) is 0 Å². The number of aromatic hydroxyl groups is 1. The molecule has 2 aromatic carbocycles. The van der Waals surface area contributed by atoms with Crippen LogP contribution >= 0.6 is 0 Å². The normalized spacial score (nSPS) is 12.0. The van der Waals surface area contributed by atoms with E-state index >= 15 is 0 Å². The summed E-state index contributed by atoms with van der Waals surface area (Å²) < 4.78 is 0. The molecule has 122 valence electrons. The Bertz CT molecular complexity index is 678. The lowest BCUT2D eigenvalue weighted by Crippen LogP contribution is -2.21. The number of nitrogens with zero attached hydrogens (tertiary/aromatic N) is 1. The SMILES string of the molecule is CC(=Cc1cc(CN(C)CCO)cc(C)c1O)c1ccccc1. The molecule has 0 aliphatic heterocycles. The predicted molar refractivity (Wildman–Crippen MR) is 96.3 cm³/mol. The minimum atomic E-state index is 0.146. The van der Waals surface area contributed by atoms with Crippen molar-refractivity contribution in [1.82, 2.24) is 4.90 Å². The van der Waals surface area contributed by atoms with Crippen LogP contribution in [0.5, 0.6) is 5.75 Å². The fourth-order valence-corrected chi connectivity index (χ4v) is 2.66. The number of phenolic OH excluding ortho intramolecular Hbond substituents is 1. The van der Waals surface area contributed by atoms with Crippen molar-refractivity contribution < 1.29 is 10.2 Å². The standard InChI is InChI=1S/C20H25NO2/c1-15(18-7-5-4-6-8-18)12-19-13-17(11-16(2)20(19)23)14-21(3)9-10-22/h4-8,11-13,22-23H,9-10,14H2,1-3H3. The maximum absolute atomic E-state index is 10.4. The molecule has 3 heteroatoms. The van der Waals surface area contributed by atoms with Gasteiger partial charge in [0.2, 0.25) is 0 Å². The van der Waals surface area contributed by atoms with Crippen molar-refractivity contribution in [2.24, 2.45) is 0 Å². The summed E-state index contributed by atoms with van der Waals surface area (Å²) in [6, 6.07) is 14.2. The summed E-state index contributed by atoms with van der Waals surface area (Å²) in [6.45, 7) is 5.49. The monoisotopic (exact) mass is 311 g/mol. The van der Waals surface area contributed by atoms with Gasteiger partial charge in [-0.05, 0) is 55.3 Å². The summed E-state index contributed by atoms with van der Waals surface area (Å²) in [4.78, 5) is 2.06. The van der Waals surface area contributed by atoms with Crippen molar-refractivity contribution in [1.29, 1.82) is 0 Å². The Morgan fingerprint density at radius 2 is 1.87 bits per heavy atom. The predicted octanol–water partition coefficient (Wildman–Crippen LogP) is 3.69. The first kappa shape index (κ1) is 17.3. The molecule has 0 saturated heterocycles. The van der Waals surface area contributed by atoms with Gasteiger partial charge in [-0.25, -0.2) is 0 Å². The summed E-state index contributed by atoms with van der Waals surface area (Å²) >= 11 is 0. The number of likely N-dealkylation sites (N-methyl/N-ethyl adjacent to an activating group) is 1. The van der Waals surface area contributed by atoms with Gasteiger partial charge in [-0.2, -0.15) is 0 Å². The summed E-state index contributed by atoms with van der Waals surface area (Å²) in [5.41, 5.74) is 5.09. The molecular formula is C20H25NO2. The van der Waals surface area contributed by atoms with Crippen molar-refractivity contribution in [2.45, 2.75) is 20.4 Å². The number of aryl methyl sites for hydroxylation is 1. The number of aliphatic hydroxyl groups excluding tert-OH is 1. The first-order valence-electron chi connectivity index (χ1n) is 7.87. The molecule has 2 N–H and O–H groups in total. The fourth-order valence-electron chi connectivity index (χ4n) is 2.66. The van der Waals surface area contributed by atoms with Crippen LogP contribution < -0.4 is 0 Å². The Hall–Kier alpha value is -2.10.